The Hall–Kier alpha value is -2.45. The van der Waals surface area contributed by atoms with Gasteiger partial charge in [0, 0.05) is 23.8 Å². The molecule has 1 aromatic carbocycles. The van der Waals surface area contributed by atoms with E-state index in [1.165, 1.54) is 0 Å². The van der Waals surface area contributed by atoms with Crippen molar-refractivity contribution in [2.45, 2.75) is 96.5 Å². The molecule has 2 amide bonds. The van der Waals surface area contributed by atoms with Gasteiger partial charge in [-0.3, -0.25) is 14.9 Å². The van der Waals surface area contributed by atoms with E-state index in [0.29, 0.717) is 17.0 Å². The lowest BCUT2D eigenvalue weighted by Gasteiger charge is -2.38. The van der Waals surface area contributed by atoms with E-state index in [9.17, 15) is 9.59 Å². The van der Waals surface area contributed by atoms with Crippen molar-refractivity contribution in [1.29, 1.82) is 0 Å². The van der Waals surface area contributed by atoms with E-state index >= 15 is 0 Å². The molecule has 2 aromatic rings. The number of anilines is 2. The molecule has 1 aromatic heterocycles. The Balaban J connectivity index is 1.56. The number of aromatic nitrogens is 2. The van der Waals surface area contributed by atoms with Crippen molar-refractivity contribution in [1.82, 2.24) is 15.1 Å². The first-order valence-corrected chi connectivity index (χ1v) is 15.1. The molecule has 8 heteroatoms. The molecule has 0 spiro atoms. The van der Waals surface area contributed by atoms with Crippen LogP contribution in [0.25, 0.3) is 0 Å². The van der Waals surface area contributed by atoms with Gasteiger partial charge in [0.15, 0.2) is 8.32 Å². The van der Waals surface area contributed by atoms with Crippen LogP contribution in [0.5, 0.6) is 0 Å². The number of nitrogens with one attached hydrogen (secondary N) is 2. The molecule has 2 aliphatic rings. The number of hydrogen-bond acceptors (Lipinski definition) is 5. The van der Waals surface area contributed by atoms with Crippen molar-refractivity contribution in [3.63, 3.8) is 0 Å². The summed E-state index contributed by atoms with van der Waals surface area (Å²) in [6.45, 7) is 17.9. The number of fused-ring (bicyclic) bond motifs is 1. The van der Waals surface area contributed by atoms with Crippen molar-refractivity contribution in [2.75, 3.05) is 5.32 Å². The van der Waals surface area contributed by atoms with Gasteiger partial charge in [-0.05, 0) is 76.4 Å². The summed E-state index contributed by atoms with van der Waals surface area (Å²) in [5, 5.41) is 11.0. The molecule has 0 bridgehead atoms. The average molecular weight is 483 g/mol. The van der Waals surface area contributed by atoms with Gasteiger partial charge in [0.1, 0.15) is 5.82 Å². The van der Waals surface area contributed by atoms with Crippen LogP contribution >= 0.6 is 0 Å². The molecule has 4 rings (SSSR count). The van der Waals surface area contributed by atoms with E-state index in [1.54, 1.807) is 12.1 Å². The van der Waals surface area contributed by atoms with Crippen molar-refractivity contribution >= 4 is 31.6 Å². The summed E-state index contributed by atoms with van der Waals surface area (Å²) >= 11 is 0. The van der Waals surface area contributed by atoms with Crippen LogP contribution in [-0.2, 0) is 9.96 Å². The number of imide groups is 1. The minimum Gasteiger partial charge on any atom is -0.414 e. The maximum atomic E-state index is 12.1. The predicted octanol–water partition coefficient (Wildman–Crippen LogP) is 5.92. The van der Waals surface area contributed by atoms with Crippen molar-refractivity contribution in [3.05, 3.63) is 41.1 Å². The molecule has 34 heavy (non-hydrogen) atoms. The quantitative estimate of drug-likeness (QED) is 0.408. The van der Waals surface area contributed by atoms with Gasteiger partial charge in [-0.1, -0.05) is 20.8 Å². The highest BCUT2D eigenvalue weighted by molar-refractivity contribution is 6.74. The number of benzene rings is 1. The summed E-state index contributed by atoms with van der Waals surface area (Å²) in [4.78, 5) is 24.0. The Morgan fingerprint density at radius 2 is 1.71 bits per heavy atom. The summed E-state index contributed by atoms with van der Waals surface area (Å²) < 4.78 is 8.72. The fourth-order valence-electron chi connectivity index (χ4n) is 4.50. The van der Waals surface area contributed by atoms with Crippen LogP contribution in [0.3, 0.4) is 0 Å². The number of carbonyl (C=O) groups is 2. The number of rotatable bonds is 5. The Morgan fingerprint density at radius 1 is 1.03 bits per heavy atom. The van der Waals surface area contributed by atoms with Crippen LogP contribution in [0.15, 0.2) is 24.3 Å². The molecule has 184 valence electrons. The summed E-state index contributed by atoms with van der Waals surface area (Å²) in [6, 6.07) is 7.38. The lowest BCUT2D eigenvalue weighted by atomic mass is 10.0. The number of amides is 2. The van der Waals surface area contributed by atoms with Crippen molar-refractivity contribution in [2.24, 2.45) is 0 Å². The SMILES string of the molecule is CC(C)(C)n1nc([C@H]2CC[C@@H](O[Si](C)(C)C(C)(C)C)C2)cc1Nc1ccc2c(c1)C(=O)NC2=O. The second-order valence-electron chi connectivity index (χ2n) is 12.2. The molecule has 1 saturated carbocycles. The fourth-order valence-corrected chi connectivity index (χ4v) is 5.90. The minimum atomic E-state index is -1.80. The monoisotopic (exact) mass is 482 g/mol. The van der Waals surface area contributed by atoms with Gasteiger partial charge in [-0.2, -0.15) is 5.10 Å². The Bertz CT molecular complexity index is 1120. The first-order chi connectivity index (χ1) is 15.7. The van der Waals surface area contributed by atoms with Gasteiger partial charge in [0.05, 0.1) is 22.4 Å². The molecule has 2 N–H and O–H groups in total. The summed E-state index contributed by atoms with van der Waals surface area (Å²) in [5.41, 5.74) is 2.43. The standard InChI is InChI=1S/C26H38N4O3Si/c1-25(2,3)30-22(27-17-10-12-19-20(14-17)24(32)28-23(19)31)15-21(29-30)16-9-11-18(13-16)33-34(7,8)26(4,5)6/h10,12,14-16,18,27H,9,11,13H2,1-8H3,(H,28,31,32)/t16-,18+/m0/s1. The molecule has 7 nitrogen and oxygen atoms in total. The summed E-state index contributed by atoms with van der Waals surface area (Å²) in [5.74, 6) is 0.542. The van der Waals surface area contributed by atoms with Gasteiger partial charge in [0.2, 0.25) is 0 Å². The molecule has 0 unspecified atom stereocenters. The maximum absolute atomic E-state index is 12.1. The third-order valence-corrected chi connectivity index (χ3v) is 12.0. The predicted molar refractivity (Wildman–Crippen MR) is 137 cm³/mol. The van der Waals surface area contributed by atoms with E-state index < -0.39 is 8.32 Å². The highest BCUT2D eigenvalue weighted by atomic mass is 28.4. The number of carbonyl (C=O) groups excluding carboxylic acids is 2. The van der Waals surface area contributed by atoms with Gasteiger partial charge in [-0.25, -0.2) is 4.68 Å². The highest BCUT2D eigenvalue weighted by Gasteiger charge is 2.41. The summed E-state index contributed by atoms with van der Waals surface area (Å²) in [6.07, 6.45) is 3.42. The molecule has 1 aliphatic heterocycles. The van der Waals surface area contributed by atoms with Crippen LogP contribution < -0.4 is 10.6 Å². The van der Waals surface area contributed by atoms with Crippen LogP contribution in [-0.4, -0.2) is 36.0 Å². The number of hydrogen-bond donors (Lipinski definition) is 2. The maximum Gasteiger partial charge on any atom is 0.259 e. The first kappa shape index (κ1) is 24.7. The Morgan fingerprint density at radius 3 is 2.35 bits per heavy atom. The largest absolute Gasteiger partial charge is 0.414 e. The van der Waals surface area contributed by atoms with Gasteiger partial charge >= 0.3 is 0 Å². The van der Waals surface area contributed by atoms with E-state index in [-0.39, 0.29) is 28.5 Å². The zero-order valence-electron chi connectivity index (χ0n) is 21.7. The molecule has 0 radical (unpaired) electrons. The molecule has 0 saturated heterocycles. The molecule has 2 heterocycles. The van der Waals surface area contributed by atoms with E-state index in [4.69, 9.17) is 9.52 Å². The lowest BCUT2D eigenvalue weighted by molar-refractivity contribution is 0.0879. The lowest BCUT2D eigenvalue weighted by Crippen LogP contribution is -2.43. The van der Waals surface area contributed by atoms with Crippen LogP contribution in [0, 0.1) is 0 Å². The topological polar surface area (TPSA) is 85.2 Å². The summed E-state index contributed by atoms with van der Waals surface area (Å²) in [7, 11) is -1.80. The van der Waals surface area contributed by atoms with Crippen LogP contribution in [0.2, 0.25) is 18.1 Å². The smallest absolute Gasteiger partial charge is 0.259 e. The van der Waals surface area contributed by atoms with Crippen molar-refractivity contribution < 1.29 is 14.0 Å². The Kier molecular flexibility index (Phi) is 6.05. The zero-order chi connectivity index (χ0) is 25.1. The van der Waals surface area contributed by atoms with Gasteiger partial charge in [-0.15, -0.1) is 0 Å². The number of nitrogens with zero attached hydrogens (tertiary/aromatic N) is 2. The normalized spacial score (nSPS) is 21.1. The van der Waals surface area contributed by atoms with Gasteiger partial charge < -0.3 is 9.74 Å². The molecule has 2 atom stereocenters. The third-order valence-electron chi connectivity index (χ3n) is 7.44. The Labute approximate surface area is 203 Å². The van der Waals surface area contributed by atoms with Crippen LogP contribution in [0.1, 0.15) is 93.1 Å². The zero-order valence-corrected chi connectivity index (χ0v) is 22.7. The fraction of sp³-hybridized carbons (Fsp3) is 0.577. The second-order valence-corrected chi connectivity index (χ2v) is 17.0. The van der Waals surface area contributed by atoms with E-state index in [0.717, 1.165) is 36.5 Å². The van der Waals surface area contributed by atoms with Gasteiger partial charge in [0.25, 0.3) is 11.8 Å². The van der Waals surface area contributed by atoms with Crippen molar-refractivity contribution in [3.8, 4) is 0 Å². The molecule has 1 aliphatic carbocycles. The van der Waals surface area contributed by atoms with Crippen LogP contribution in [0.4, 0.5) is 11.5 Å². The third kappa shape index (κ3) is 4.70. The average Bonchev–Trinajstić information content (AvgIpc) is 3.39. The minimum absolute atomic E-state index is 0.202. The highest BCUT2D eigenvalue weighted by Crippen LogP contribution is 2.43. The second kappa shape index (κ2) is 8.34. The first-order valence-electron chi connectivity index (χ1n) is 12.2. The molecule has 1 fully saturated rings. The molecular weight excluding hydrogens is 444 g/mol. The van der Waals surface area contributed by atoms with E-state index in [1.807, 2.05) is 10.7 Å². The molecular formula is C26H38N4O3Si. The van der Waals surface area contributed by atoms with E-state index in [2.05, 4.69) is 71.3 Å².